The van der Waals surface area contributed by atoms with E-state index in [1.807, 2.05) is 49.2 Å². The van der Waals surface area contributed by atoms with Crippen molar-refractivity contribution in [2.24, 2.45) is 4.99 Å². The van der Waals surface area contributed by atoms with E-state index in [4.69, 9.17) is 0 Å². The van der Waals surface area contributed by atoms with Gasteiger partial charge in [0.1, 0.15) is 0 Å². The average molecular weight is 280 g/mol. The van der Waals surface area contributed by atoms with E-state index in [1.165, 1.54) is 0 Å². The third kappa shape index (κ3) is 2.07. The van der Waals surface area contributed by atoms with Crippen molar-refractivity contribution in [3.8, 4) is 0 Å². The predicted octanol–water partition coefficient (Wildman–Crippen LogP) is 3.16. The molecule has 0 unspecified atom stereocenters. The minimum Gasteiger partial charge on any atom is -0.342 e. The first-order chi connectivity index (χ1) is 10.1. The van der Waals surface area contributed by atoms with E-state index >= 15 is 0 Å². The Morgan fingerprint density at radius 2 is 1.86 bits per heavy atom. The molecule has 0 atom stereocenters. The van der Waals surface area contributed by atoms with Crippen LogP contribution in [0.5, 0.6) is 0 Å². The Kier molecular flexibility index (Phi) is 3.17. The maximum atomic E-state index is 12.6. The summed E-state index contributed by atoms with van der Waals surface area (Å²) in [6.07, 6.45) is 3.40. The van der Waals surface area contributed by atoms with Crippen LogP contribution >= 0.6 is 0 Å². The van der Waals surface area contributed by atoms with Crippen LogP contribution in [0.4, 0.5) is 22.9 Å². The summed E-state index contributed by atoms with van der Waals surface area (Å²) in [6, 6.07) is 9.48. The summed E-state index contributed by atoms with van der Waals surface area (Å²) in [5.41, 5.74) is 3.24. The summed E-state index contributed by atoms with van der Waals surface area (Å²) >= 11 is 0. The van der Waals surface area contributed by atoms with Gasteiger partial charge in [-0.25, -0.2) is 9.98 Å². The third-order valence-electron chi connectivity index (χ3n) is 3.63. The number of anilines is 3. The highest BCUT2D eigenvalue weighted by Gasteiger charge is 2.27. The zero-order valence-electron chi connectivity index (χ0n) is 12.2. The first kappa shape index (κ1) is 13.3. The average Bonchev–Trinajstić information content (AvgIpc) is 2.59. The summed E-state index contributed by atoms with van der Waals surface area (Å²) in [5.74, 6) is 0.591. The van der Waals surface area contributed by atoms with Crippen LogP contribution in [0.25, 0.3) is 0 Å². The second-order valence-corrected chi connectivity index (χ2v) is 4.86. The highest BCUT2D eigenvalue weighted by Crippen LogP contribution is 2.39. The van der Waals surface area contributed by atoms with Gasteiger partial charge in [0.15, 0.2) is 5.82 Å². The number of amides is 1. The van der Waals surface area contributed by atoms with Gasteiger partial charge in [-0.2, -0.15) is 0 Å². The van der Waals surface area contributed by atoms with Crippen molar-refractivity contribution in [1.29, 1.82) is 0 Å². The molecule has 0 radical (unpaired) electrons. The lowest BCUT2D eigenvalue weighted by molar-refractivity contribution is 0.0994. The molecule has 0 bridgehead atoms. The Labute approximate surface area is 123 Å². The smallest absolute Gasteiger partial charge is 0.260 e. The second kappa shape index (κ2) is 5.01. The molecule has 0 saturated heterocycles. The molecule has 1 aromatic carbocycles. The fourth-order valence-electron chi connectivity index (χ4n) is 2.52. The molecule has 1 aliphatic heterocycles. The number of rotatable bonds is 1. The fourth-order valence-corrected chi connectivity index (χ4v) is 2.52. The molecule has 21 heavy (non-hydrogen) atoms. The molecule has 1 aromatic heterocycles. The Balaban J connectivity index is 2.25. The molecular weight excluding hydrogens is 264 g/mol. The molecule has 0 fully saturated rings. The lowest BCUT2D eigenvalue weighted by atomic mass is 10.1. The number of aliphatic imine (C=N–C) groups is 1. The number of benzene rings is 1. The third-order valence-corrected chi connectivity index (χ3v) is 3.63. The van der Waals surface area contributed by atoms with E-state index in [0.717, 1.165) is 17.1 Å². The van der Waals surface area contributed by atoms with Gasteiger partial charge >= 0.3 is 0 Å². The molecule has 1 aliphatic rings. The molecular formula is C16H16N4O. The number of aromatic nitrogens is 1. The number of para-hydroxylation sites is 1. The molecule has 3 rings (SSSR count). The molecule has 0 spiro atoms. The number of pyridine rings is 1. The van der Waals surface area contributed by atoms with Crippen LogP contribution < -0.4 is 9.80 Å². The van der Waals surface area contributed by atoms with Gasteiger partial charge in [0, 0.05) is 26.4 Å². The summed E-state index contributed by atoms with van der Waals surface area (Å²) in [7, 11) is 3.71. The van der Waals surface area contributed by atoms with Gasteiger partial charge in [-0.3, -0.25) is 4.79 Å². The Hall–Kier alpha value is -2.69. The van der Waals surface area contributed by atoms with Gasteiger partial charge in [-0.1, -0.05) is 12.1 Å². The lowest BCUT2D eigenvalue weighted by Crippen LogP contribution is -2.25. The van der Waals surface area contributed by atoms with Crippen LogP contribution in [-0.2, 0) is 0 Å². The molecule has 5 nitrogen and oxygen atoms in total. The highest BCUT2D eigenvalue weighted by molar-refractivity contribution is 6.13. The van der Waals surface area contributed by atoms with Gasteiger partial charge in [-0.05, 0) is 19.1 Å². The molecule has 0 saturated carbocycles. The van der Waals surface area contributed by atoms with Crippen molar-refractivity contribution >= 4 is 35.0 Å². The number of carbonyl (C=O) groups is 1. The van der Waals surface area contributed by atoms with E-state index in [0.29, 0.717) is 11.4 Å². The zero-order chi connectivity index (χ0) is 15.0. The second-order valence-electron chi connectivity index (χ2n) is 4.86. The summed E-state index contributed by atoms with van der Waals surface area (Å²) < 4.78 is 0. The molecule has 0 aliphatic carbocycles. The number of nitrogens with zero attached hydrogens (tertiary/aromatic N) is 4. The molecule has 2 aromatic rings. The van der Waals surface area contributed by atoms with Crippen molar-refractivity contribution < 1.29 is 4.79 Å². The van der Waals surface area contributed by atoms with Crippen LogP contribution in [0.1, 0.15) is 17.3 Å². The maximum absolute atomic E-state index is 12.6. The molecule has 5 heteroatoms. The van der Waals surface area contributed by atoms with E-state index in [-0.39, 0.29) is 5.91 Å². The topological polar surface area (TPSA) is 48.8 Å². The first-order valence-electron chi connectivity index (χ1n) is 6.73. The minimum atomic E-state index is -0.0373. The number of carbonyl (C=O) groups excluding carboxylic acids is 1. The van der Waals surface area contributed by atoms with Gasteiger partial charge < -0.3 is 9.80 Å². The van der Waals surface area contributed by atoms with Gasteiger partial charge in [0.2, 0.25) is 0 Å². The molecule has 106 valence electrons. The van der Waals surface area contributed by atoms with Crippen molar-refractivity contribution in [1.82, 2.24) is 4.98 Å². The number of hydrogen-bond acceptors (Lipinski definition) is 4. The van der Waals surface area contributed by atoms with E-state index in [9.17, 15) is 4.79 Å². The van der Waals surface area contributed by atoms with Crippen LogP contribution in [-0.4, -0.2) is 31.2 Å². The zero-order valence-corrected chi connectivity index (χ0v) is 12.2. The Morgan fingerprint density at radius 1 is 1.10 bits per heavy atom. The summed E-state index contributed by atoms with van der Waals surface area (Å²) in [5, 5.41) is 0. The van der Waals surface area contributed by atoms with Crippen molar-refractivity contribution in [2.75, 3.05) is 23.9 Å². The largest absolute Gasteiger partial charge is 0.342 e. The molecule has 0 N–H and O–H groups in total. The normalized spacial score (nSPS) is 14.1. The van der Waals surface area contributed by atoms with Crippen LogP contribution in [0.2, 0.25) is 0 Å². The highest BCUT2D eigenvalue weighted by atomic mass is 16.2. The SMILES string of the molecule is CC=Nc1cc2c(cn1)N(C)C(=O)c1ccccc1N2C. The monoisotopic (exact) mass is 280 g/mol. The Bertz CT molecular complexity index is 739. The lowest BCUT2D eigenvalue weighted by Gasteiger charge is -2.21. The predicted molar refractivity (Wildman–Crippen MR) is 85.3 cm³/mol. The number of fused-ring (bicyclic) bond motifs is 2. The summed E-state index contributed by atoms with van der Waals surface area (Å²) in [6.45, 7) is 1.85. The van der Waals surface area contributed by atoms with Crippen LogP contribution in [0.15, 0.2) is 41.5 Å². The van der Waals surface area contributed by atoms with Crippen molar-refractivity contribution in [2.45, 2.75) is 6.92 Å². The van der Waals surface area contributed by atoms with Crippen LogP contribution in [0, 0.1) is 0 Å². The number of hydrogen-bond donors (Lipinski definition) is 0. The van der Waals surface area contributed by atoms with Crippen LogP contribution in [0.3, 0.4) is 0 Å². The van der Waals surface area contributed by atoms with Crippen molar-refractivity contribution in [3.63, 3.8) is 0 Å². The fraction of sp³-hybridized carbons (Fsp3) is 0.188. The van der Waals surface area contributed by atoms with Crippen molar-refractivity contribution in [3.05, 3.63) is 42.1 Å². The van der Waals surface area contributed by atoms with E-state index in [2.05, 4.69) is 9.98 Å². The quantitative estimate of drug-likeness (QED) is 0.754. The van der Waals surface area contributed by atoms with E-state index < -0.39 is 0 Å². The maximum Gasteiger partial charge on any atom is 0.260 e. The first-order valence-corrected chi connectivity index (χ1v) is 6.73. The summed E-state index contributed by atoms with van der Waals surface area (Å²) in [4.78, 5) is 24.7. The van der Waals surface area contributed by atoms with E-state index in [1.54, 1.807) is 24.4 Å². The molecule has 1 amide bonds. The standard InChI is InChI=1S/C16H16N4O/c1-4-17-15-9-13-14(10-18-15)20(3)16(21)11-7-5-6-8-12(11)19(13)2/h4-10H,1-3H3. The van der Waals surface area contributed by atoms with Gasteiger partial charge in [0.05, 0.1) is 28.8 Å². The Morgan fingerprint density at radius 3 is 2.62 bits per heavy atom. The minimum absolute atomic E-state index is 0.0373. The van der Waals surface area contributed by atoms with Gasteiger partial charge in [-0.15, -0.1) is 0 Å². The molecule has 2 heterocycles. The van der Waals surface area contributed by atoms with Gasteiger partial charge in [0.25, 0.3) is 5.91 Å².